The van der Waals surface area contributed by atoms with Gasteiger partial charge in [0.25, 0.3) is 0 Å². The summed E-state index contributed by atoms with van der Waals surface area (Å²) in [5.74, 6) is 0. The predicted octanol–water partition coefficient (Wildman–Crippen LogP) is 0.874. The van der Waals surface area contributed by atoms with Crippen molar-refractivity contribution in [1.29, 1.82) is 0 Å². The fourth-order valence-corrected chi connectivity index (χ4v) is 3.64. The maximum absolute atomic E-state index is 11.3. The monoisotopic (exact) mass is 295 g/mol. The van der Waals surface area contributed by atoms with Crippen molar-refractivity contribution >= 4 is 33.0 Å². The highest BCUT2D eigenvalue weighted by atomic mass is 35.5. The van der Waals surface area contributed by atoms with Crippen molar-refractivity contribution < 1.29 is 8.42 Å². The third-order valence-electron chi connectivity index (χ3n) is 2.71. The molecule has 96 valence electrons. The molecule has 1 fully saturated rings. The first-order valence-electron chi connectivity index (χ1n) is 5.23. The zero-order valence-electron chi connectivity index (χ0n) is 9.47. The van der Waals surface area contributed by atoms with E-state index in [0.717, 1.165) is 24.5 Å². The van der Waals surface area contributed by atoms with E-state index in [1.54, 1.807) is 6.20 Å². The van der Waals surface area contributed by atoms with Crippen LogP contribution in [0, 0.1) is 0 Å². The van der Waals surface area contributed by atoms with Gasteiger partial charge < -0.3 is 0 Å². The van der Waals surface area contributed by atoms with E-state index in [1.165, 1.54) is 21.9 Å². The van der Waals surface area contributed by atoms with Gasteiger partial charge in [0.1, 0.15) is 0 Å². The van der Waals surface area contributed by atoms with Gasteiger partial charge in [-0.1, -0.05) is 11.6 Å². The van der Waals surface area contributed by atoms with E-state index in [9.17, 15) is 8.42 Å². The van der Waals surface area contributed by atoms with Crippen LogP contribution in [0.15, 0.2) is 6.20 Å². The molecule has 0 saturated carbocycles. The van der Waals surface area contributed by atoms with Crippen LogP contribution in [0.1, 0.15) is 4.88 Å². The maximum Gasteiger partial charge on any atom is 0.211 e. The Balaban J connectivity index is 1.87. The summed E-state index contributed by atoms with van der Waals surface area (Å²) in [6, 6.07) is 0. The second-order valence-electron chi connectivity index (χ2n) is 4.02. The molecule has 0 spiro atoms. The van der Waals surface area contributed by atoms with Gasteiger partial charge in [-0.25, -0.2) is 13.4 Å². The molecule has 2 rings (SSSR count). The predicted molar refractivity (Wildman–Crippen MR) is 68.8 cm³/mol. The molecule has 0 bridgehead atoms. The van der Waals surface area contributed by atoms with E-state index >= 15 is 0 Å². The van der Waals surface area contributed by atoms with Crippen LogP contribution in [-0.4, -0.2) is 55.0 Å². The molecule has 0 aromatic carbocycles. The molecule has 17 heavy (non-hydrogen) atoms. The molecule has 0 amide bonds. The van der Waals surface area contributed by atoms with Crippen LogP contribution >= 0.6 is 22.9 Å². The Hall–Kier alpha value is -0.210. The topological polar surface area (TPSA) is 53.5 Å². The first-order valence-corrected chi connectivity index (χ1v) is 8.27. The highest BCUT2D eigenvalue weighted by Gasteiger charge is 2.23. The summed E-state index contributed by atoms with van der Waals surface area (Å²) in [5.41, 5.74) is 0. The number of nitrogens with zero attached hydrogens (tertiary/aromatic N) is 3. The Morgan fingerprint density at radius 2 is 2.06 bits per heavy atom. The summed E-state index contributed by atoms with van der Waals surface area (Å²) in [5, 5.41) is 0. The van der Waals surface area contributed by atoms with Gasteiger partial charge in [0, 0.05) is 43.8 Å². The van der Waals surface area contributed by atoms with Crippen LogP contribution in [0.4, 0.5) is 0 Å². The van der Waals surface area contributed by atoms with Crippen LogP contribution in [0.5, 0.6) is 0 Å². The summed E-state index contributed by atoms with van der Waals surface area (Å²) in [6.45, 7) is 3.42. The highest BCUT2D eigenvalue weighted by Crippen LogP contribution is 2.20. The second-order valence-corrected chi connectivity index (χ2v) is 7.70. The number of hydrogen-bond donors (Lipinski definition) is 0. The third-order valence-corrected chi connectivity index (χ3v) is 5.11. The molecule has 8 heteroatoms. The Labute approximate surface area is 110 Å². The third kappa shape index (κ3) is 3.62. The Kier molecular flexibility index (Phi) is 4.04. The molecule has 0 unspecified atom stereocenters. The van der Waals surface area contributed by atoms with Gasteiger partial charge in [0.15, 0.2) is 4.47 Å². The van der Waals surface area contributed by atoms with Gasteiger partial charge in [-0.3, -0.25) is 4.90 Å². The molecule has 0 radical (unpaired) electrons. The number of hydrogen-bond acceptors (Lipinski definition) is 5. The molecular formula is C9H14ClN3O2S2. The fraction of sp³-hybridized carbons (Fsp3) is 0.667. The second kappa shape index (κ2) is 5.19. The van der Waals surface area contributed by atoms with Crippen LogP contribution in [-0.2, 0) is 16.6 Å². The van der Waals surface area contributed by atoms with E-state index in [1.807, 2.05) is 0 Å². The van der Waals surface area contributed by atoms with E-state index in [2.05, 4.69) is 9.88 Å². The normalized spacial score (nSPS) is 19.6. The Morgan fingerprint density at radius 3 is 2.53 bits per heavy atom. The fourth-order valence-electron chi connectivity index (χ4n) is 1.80. The highest BCUT2D eigenvalue weighted by molar-refractivity contribution is 7.88. The first kappa shape index (κ1) is 13.2. The number of halogens is 1. The summed E-state index contributed by atoms with van der Waals surface area (Å²) in [6.07, 6.45) is 3.03. The molecule has 0 aliphatic carbocycles. The van der Waals surface area contributed by atoms with E-state index < -0.39 is 10.0 Å². The maximum atomic E-state index is 11.3. The molecule has 2 heterocycles. The minimum Gasteiger partial charge on any atom is -0.296 e. The van der Waals surface area contributed by atoms with E-state index in [-0.39, 0.29) is 0 Å². The molecule has 5 nitrogen and oxygen atoms in total. The largest absolute Gasteiger partial charge is 0.296 e. The summed E-state index contributed by atoms with van der Waals surface area (Å²) >= 11 is 7.23. The lowest BCUT2D eigenvalue weighted by Crippen LogP contribution is -2.47. The standard InChI is InChI=1S/C9H14ClN3O2S2/c1-17(14,15)13-4-2-12(3-5-13)7-8-6-11-9(10)16-8/h6H,2-5,7H2,1H3. The van der Waals surface area contributed by atoms with Crippen molar-refractivity contribution in [3.8, 4) is 0 Å². The van der Waals surface area contributed by atoms with Crippen LogP contribution in [0.25, 0.3) is 0 Å². The molecule has 1 aromatic heterocycles. The van der Waals surface area contributed by atoms with Crippen LogP contribution < -0.4 is 0 Å². The molecule has 1 aliphatic rings. The number of rotatable bonds is 3. The van der Waals surface area contributed by atoms with Gasteiger partial charge in [-0.2, -0.15) is 4.31 Å². The van der Waals surface area contributed by atoms with Crippen molar-refractivity contribution in [2.45, 2.75) is 6.54 Å². The number of aromatic nitrogens is 1. The van der Waals surface area contributed by atoms with E-state index in [0.29, 0.717) is 17.6 Å². The van der Waals surface area contributed by atoms with Crippen LogP contribution in [0.3, 0.4) is 0 Å². The van der Waals surface area contributed by atoms with Gasteiger partial charge in [-0.05, 0) is 0 Å². The summed E-state index contributed by atoms with van der Waals surface area (Å²) in [7, 11) is -3.04. The Bertz CT molecular complexity index is 480. The molecule has 1 aliphatic heterocycles. The number of sulfonamides is 1. The van der Waals surface area contributed by atoms with Gasteiger partial charge in [-0.15, -0.1) is 11.3 Å². The van der Waals surface area contributed by atoms with Crippen molar-refractivity contribution in [1.82, 2.24) is 14.2 Å². The number of thiazole rings is 1. The minimum atomic E-state index is -3.04. The van der Waals surface area contributed by atoms with Gasteiger partial charge in [0.05, 0.1) is 6.26 Å². The van der Waals surface area contributed by atoms with Crippen molar-refractivity contribution in [3.63, 3.8) is 0 Å². The summed E-state index contributed by atoms with van der Waals surface area (Å²) < 4.78 is 24.7. The van der Waals surface area contributed by atoms with Crippen molar-refractivity contribution in [3.05, 3.63) is 15.5 Å². The quantitative estimate of drug-likeness (QED) is 0.830. The lowest BCUT2D eigenvalue weighted by Gasteiger charge is -2.32. The lowest BCUT2D eigenvalue weighted by atomic mass is 10.3. The summed E-state index contributed by atoms with van der Waals surface area (Å²) in [4.78, 5) is 7.31. The average Bonchev–Trinajstić information content (AvgIpc) is 2.63. The molecule has 0 N–H and O–H groups in total. The molecule has 1 aromatic rings. The SMILES string of the molecule is CS(=O)(=O)N1CCN(Cc2cnc(Cl)s2)CC1. The zero-order chi connectivity index (χ0) is 12.5. The minimum absolute atomic E-state index is 0.551. The molecule has 0 atom stereocenters. The van der Waals surface area contributed by atoms with Gasteiger partial charge >= 0.3 is 0 Å². The van der Waals surface area contributed by atoms with E-state index in [4.69, 9.17) is 11.6 Å². The van der Waals surface area contributed by atoms with Gasteiger partial charge in [0.2, 0.25) is 10.0 Å². The zero-order valence-corrected chi connectivity index (χ0v) is 11.9. The lowest BCUT2D eigenvalue weighted by molar-refractivity contribution is 0.183. The first-order chi connectivity index (χ1) is 7.95. The molecular weight excluding hydrogens is 282 g/mol. The smallest absolute Gasteiger partial charge is 0.211 e. The van der Waals surface area contributed by atoms with Crippen LogP contribution in [0.2, 0.25) is 4.47 Å². The number of piperazine rings is 1. The average molecular weight is 296 g/mol. The van der Waals surface area contributed by atoms with Crippen molar-refractivity contribution in [2.75, 3.05) is 32.4 Å². The van der Waals surface area contributed by atoms with Crippen molar-refractivity contribution in [2.24, 2.45) is 0 Å². The Morgan fingerprint density at radius 1 is 1.41 bits per heavy atom. The molecule has 1 saturated heterocycles.